The Morgan fingerprint density at radius 1 is 0.793 bits per heavy atom. The summed E-state index contributed by atoms with van der Waals surface area (Å²) in [5, 5.41) is 14.8. The number of rotatable bonds is 11. The molecule has 4 unspecified atom stereocenters. The lowest BCUT2D eigenvalue weighted by Gasteiger charge is -2.39. The highest BCUT2D eigenvalue weighted by molar-refractivity contribution is 5.96. The Morgan fingerprint density at radius 2 is 1.24 bits per heavy atom. The Labute approximate surface area is 176 Å². The van der Waals surface area contributed by atoms with Crippen LogP contribution in [0.3, 0.4) is 0 Å². The molecule has 0 spiro atoms. The van der Waals surface area contributed by atoms with Gasteiger partial charge in [0.25, 0.3) is 5.91 Å². The van der Waals surface area contributed by atoms with Crippen LogP contribution in [0.4, 0.5) is 5.69 Å². The van der Waals surface area contributed by atoms with Crippen LogP contribution in [-0.2, 0) is 4.79 Å². The highest BCUT2D eigenvalue weighted by Gasteiger charge is 2.32. The summed E-state index contributed by atoms with van der Waals surface area (Å²) in [6, 6.07) is 7.61. The molecule has 164 valence electrons. The van der Waals surface area contributed by atoms with E-state index in [1.165, 1.54) is 0 Å². The molecule has 0 saturated heterocycles. The van der Waals surface area contributed by atoms with Gasteiger partial charge in [-0.2, -0.15) is 0 Å². The zero-order valence-electron chi connectivity index (χ0n) is 19.3. The third-order valence-corrected chi connectivity index (χ3v) is 6.78. The number of carboxylic acid groups (broad SMARTS) is 1. The predicted octanol–water partition coefficient (Wildman–Crippen LogP) is 5.14. The molecule has 1 aromatic rings. The standard InChI is InChI=1S/C24H40N2O3/c1-14(2)16(5)18(7)23(19(8)17(6)15(3)4)26-21-11-9-20(10-12-21)24(29)25-13-22(27)28/h9-12,14-19,23,26H,13H2,1-8H3,(H,25,29)(H,27,28). The number of nitrogens with one attached hydrogen (secondary N) is 2. The predicted molar refractivity (Wildman–Crippen MR) is 120 cm³/mol. The second-order valence-electron chi connectivity index (χ2n) is 9.25. The summed E-state index contributed by atoms with van der Waals surface area (Å²) in [6.07, 6.45) is 0. The Bertz CT molecular complexity index is 635. The highest BCUT2D eigenvalue weighted by Crippen LogP contribution is 2.34. The topological polar surface area (TPSA) is 78.4 Å². The number of amides is 1. The Hall–Kier alpha value is -2.04. The Balaban J connectivity index is 3.00. The third-order valence-electron chi connectivity index (χ3n) is 6.78. The van der Waals surface area contributed by atoms with Crippen molar-refractivity contribution in [3.05, 3.63) is 29.8 Å². The quantitative estimate of drug-likeness (QED) is 0.477. The molecule has 4 atom stereocenters. The normalized spacial score (nSPS) is 16.8. The van der Waals surface area contributed by atoms with Gasteiger partial charge in [-0.15, -0.1) is 0 Å². The Kier molecular flexibility index (Phi) is 9.67. The maximum Gasteiger partial charge on any atom is 0.322 e. The number of carbonyl (C=O) groups excluding carboxylic acids is 1. The molecule has 0 radical (unpaired) electrons. The van der Waals surface area contributed by atoms with Crippen molar-refractivity contribution in [2.24, 2.45) is 35.5 Å². The molecule has 0 heterocycles. The van der Waals surface area contributed by atoms with Crippen LogP contribution in [0.5, 0.6) is 0 Å². The van der Waals surface area contributed by atoms with Gasteiger partial charge in [-0.05, 0) is 59.8 Å². The van der Waals surface area contributed by atoms with Crippen molar-refractivity contribution in [2.45, 2.75) is 61.4 Å². The molecule has 0 aliphatic rings. The third kappa shape index (κ3) is 7.37. The molecular formula is C24H40N2O3. The van der Waals surface area contributed by atoms with Crippen LogP contribution in [0.15, 0.2) is 24.3 Å². The number of hydrogen-bond acceptors (Lipinski definition) is 3. The molecule has 0 aromatic heterocycles. The van der Waals surface area contributed by atoms with Crippen LogP contribution in [0.1, 0.15) is 65.7 Å². The zero-order valence-corrected chi connectivity index (χ0v) is 19.3. The van der Waals surface area contributed by atoms with E-state index in [2.05, 4.69) is 66.0 Å². The van der Waals surface area contributed by atoms with E-state index in [9.17, 15) is 9.59 Å². The van der Waals surface area contributed by atoms with Gasteiger partial charge >= 0.3 is 5.97 Å². The summed E-state index contributed by atoms with van der Waals surface area (Å²) in [6.45, 7) is 18.0. The summed E-state index contributed by atoms with van der Waals surface area (Å²) >= 11 is 0. The second-order valence-corrected chi connectivity index (χ2v) is 9.25. The van der Waals surface area contributed by atoms with E-state index in [0.717, 1.165) is 5.69 Å². The van der Waals surface area contributed by atoms with Crippen molar-refractivity contribution in [3.8, 4) is 0 Å². The van der Waals surface area contributed by atoms with Gasteiger partial charge < -0.3 is 15.7 Å². The van der Waals surface area contributed by atoms with Gasteiger partial charge in [-0.25, -0.2) is 0 Å². The second kappa shape index (κ2) is 11.2. The molecule has 1 aromatic carbocycles. The van der Waals surface area contributed by atoms with Gasteiger partial charge in [-0.3, -0.25) is 9.59 Å². The van der Waals surface area contributed by atoms with E-state index in [1.807, 2.05) is 12.1 Å². The van der Waals surface area contributed by atoms with E-state index in [-0.39, 0.29) is 12.5 Å². The molecule has 0 aliphatic heterocycles. The van der Waals surface area contributed by atoms with Crippen LogP contribution >= 0.6 is 0 Å². The minimum Gasteiger partial charge on any atom is -0.480 e. The fourth-order valence-electron chi connectivity index (χ4n) is 3.78. The lowest BCUT2D eigenvalue weighted by molar-refractivity contribution is -0.135. The summed E-state index contributed by atoms with van der Waals surface area (Å²) in [4.78, 5) is 22.7. The van der Waals surface area contributed by atoms with Crippen LogP contribution in [0.2, 0.25) is 0 Å². The molecule has 3 N–H and O–H groups in total. The fraction of sp³-hybridized carbons (Fsp3) is 0.667. The molecule has 0 saturated carbocycles. The highest BCUT2D eigenvalue weighted by atomic mass is 16.4. The first-order valence-corrected chi connectivity index (χ1v) is 10.8. The fourth-order valence-corrected chi connectivity index (χ4v) is 3.78. The van der Waals surface area contributed by atoms with Crippen molar-refractivity contribution in [1.82, 2.24) is 5.32 Å². The van der Waals surface area contributed by atoms with Crippen molar-refractivity contribution >= 4 is 17.6 Å². The minimum atomic E-state index is -1.05. The van der Waals surface area contributed by atoms with Crippen molar-refractivity contribution in [1.29, 1.82) is 0 Å². The van der Waals surface area contributed by atoms with E-state index >= 15 is 0 Å². The molecule has 5 nitrogen and oxygen atoms in total. The summed E-state index contributed by atoms with van der Waals surface area (Å²) in [5.41, 5.74) is 1.44. The van der Waals surface area contributed by atoms with Crippen molar-refractivity contribution < 1.29 is 14.7 Å². The van der Waals surface area contributed by atoms with Crippen LogP contribution in [0, 0.1) is 35.5 Å². The first kappa shape index (κ1) is 25.0. The maximum atomic E-state index is 12.0. The summed E-state index contributed by atoms with van der Waals surface area (Å²) in [7, 11) is 0. The number of benzene rings is 1. The van der Waals surface area contributed by atoms with E-state index in [1.54, 1.807) is 12.1 Å². The van der Waals surface area contributed by atoms with Gasteiger partial charge in [-0.1, -0.05) is 55.4 Å². The summed E-state index contributed by atoms with van der Waals surface area (Å²) < 4.78 is 0. The number of aliphatic carboxylic acids is 1. The number of hydrogen-bond donors (Lipinski definition) is 3. The van der Waals surface area contributed by atoms with Crippen molar-refractivity contribution in [2.75, 3.05) is 11.9 Å². The maximum absolute atomic E-state index is 12.0. The van der Waals surface area contributed by atoms with E-state index in [0.29, 0.717) is 47.1 Å². The minimum absolute atomic E-state index is 0.316. The van der Waals surface area contributed by atoms with Crippen molar-refractivity contribution in [3.63, 3.8) is 0 Å². The lowest BCUT2D eigenvalue weighted by Crippen LogP contribution is -2.41. The zero-order chi connectivity index (χ0) is 22.3. The number of carboxylic acids is 1. The van der Waals surface area contributed by atoms with Gasteiger partial charge in [0.05, 0.1) is 0 Å². The first-order chi connectivity index (χ1) is 13.5. The van der Waals surface area contributed by atoms with Gasteiger partial charge in [0.1, 0.15) is 6.54 Å². The first-order valence-electron chi connectivity index (χ1n) is 10.8. The molecule has 0 fully saturated rings. The van der Waals surface area contributed by atoms with Crippen LogP contribution in [0.25, 0.3) is 0 Å². The molecule has 1 rings (SSSR count). The average Bonchev–Trinajstić information content (AvgIpc) is 2.68. The SMILES string of the molecule is CC(C)C(C)C(C)C(Nc1ccc(C(=O)NCC(=O)O)cc1)C(C)C(C)C(C)C. The van der Waals surface area contributed by atoms with Crippen LogP contribution in [-0.4, -0.2) is 29.6 Å². The van der Waals surface area contributed by atoms with Crippen LogP contribution < -0.4 is 10.6 Å². The molecule has 0 bridgehead atoms. The van der Waals surface area contributed by atoms with E-state index in [4.69, 9.17) is 5.11 Å². The average molecular weight is 405 g/mol. The monoisotopic (exact) mass is 404 g/mol. The molecular weight excluding hydrogens is 364 g/mol. The molecule has 29 heavy (non-hydrogen) atoms. The molecule has 0 aliphatic carbocycles. The number of carbonyl (C=O) groups is 2. The van der Waals surface area contributed by atoms with E-state index < -0.39 is 5.97 Å². The largest absolute Gasteiger partial charge is 0.480 e. The lowest BCUT2D eigenvalue weighted by atomic mass is 9.72. The smallest absolute Gasteiger partial charge is 0.322 e. The molecule has 5 heteroatoms. The Morgan fingerprint density at radius 3 is 1.62 bits per heavy atom. The number of anilines is 1. The molecule has 1 amide bonds. The van der Waals surface area contributed by atoms with Gasteiger partial charge in [0.2, 0.25) is 0 Å². The van der Waals surface area contributed by atoms with Gasteiger partial charge in [0.15, 0.2) is 0 Å². The van der Waals surface area contributed by atoms with Gasteiger partial charge in [0, 0.05) is 17.3 Å². The summed E-state index contributed by atoms with van der Waals surface area (Å²) in [5.74, 6) is 1.92.